The van der Waals surface area contributed by atoms with E-state index in [0.29, 0.717) is 48.5 Å². The number of urea groups is 1. The van der Waals surface area contributed by atoms with Crippen molar-refractivity contribution in [1.82, 2.24) is 4.90 Å². The van der Waals surface area contributed by atoms with Gasteiger partial charge < -0.3 is 19.7 Å². The number of anilines is 1. The van der Waals surface area contributed by atoms with Crippen LogP contribution in [0.15, 0.2) is 97.1 Å². The van der Waals surface area contributed by atoms with Crippen molar-refractivity contribution >= 4 is 34.9 Å². The second kappa shape index (κ2) is 13.8. The van der Waals surface area contributed by atoms with Gasteiger partial charge in [0.1, 0.15) is 18.1 Å². The largest absolute Gasteiger partial charge is 0.494 e. The number of hydrogen-bond donors (Lipinski definition) is 1. The first kappa shape index (κ1) is 27.4. The molecule has 0 heterocycles. The number of amides is 2. The van der Waals surface area contributed by atoms with Crippen LogP contribution in [0.5, 0.6) is 11.5 Å². The molecule has 0 aliphatic heterocycles. The van der Waals surface area contributed by atoms with Gasteiger partial charge >= 0.3 is 6.03 Å². The maximum Gasteiger partial charge on any atom is 0.322 e. The zero-order valence-electron chi connectivity index (χ0n) is 21.2. The van der Waals surface area contributed by atoms with Crippen LogP contribution in [0.25, 0.3) is 0 Å². The summed E-state index contributed by atoms with van der Waals surface area (Å²) in [6.07, 6.45) is 0.588. The summed E-state index contributed by atoms with van der Waals surface area (Å²) in [5, 5.41) is 4.16. The molecule has 0 saturated heterocycles. The van der Waals surface area contributed by atoms with E-state index in [9.17, 15) is 4.79 Å². The van der Waals surface area contributed by atoms with Crippen molar-refractivity contribution in [3.8, 4) is 11.5 Å². The van der Waals surface area contributed by atoms with Crippen LogP contribution in [0.3, 0.4) is 0 Å². The Bertz CT molecular complexity index is 1310. The standard InChI is InChI=1S/C31H30Cl2N2O3/c1-2-37-28-16-12-27(13-17-28)34-31(36)35(19-18-25-10-11-26(32)20-30(25)33)21-23-8-14-29(15-9-23)38-22-24-6-4-3-5-7-24/h3-17,20H,2,18-19,21-22H2,1H3,(H,34,36). The van der Waals surface area contributed by atoms with E-state index in [0.717, 1.165) is 28.2 Å². The van der Waals surface area contributed by atoms with Crippen molar-refractivity contribution in [2.75, 3.05) is 18.5 Å². The highest BCUT2D eigenvalue weighted by molar-refractivity contribution is 6.35. The smallest absolute Gasteiger partial charge is 0.322 e. The molecular formula is C31H30Cl2N2O3. The third-order valence-corrected chi connectivity index (χ3v) is 6.50. The van der Waals surface area contributed by atoms with Crippen LogP contribution in [0.4, 0.5) is 10.5 Å². The monoisotopic (exact) mass is 548 g/mol. The lowest BCUT2D eigenvalue weighted by molar-refractivity contribution is 0.209. The Labute approximate surface area is 233 Å². The molecule has 4 aromatic carbocycles. The number of carbonyl (C=O) groups is 1. The SMILES string of the molecule is CCOc1ccc(NC(=O)N(CCc2ccc(Cl)cc2Cl)Cc2ccc(OCc3ccccc3)cc2)cc1. The Morgan fingerprint density at radius 1 is 0.816 bits per heavy atom. The van der Waals surface area contributed by atoms with E-state index in [-0.39, 0.29) is 6.03 Å². The summed E-state index contributed by atoms with van der Waals surface area (Å²) in [7, 11) is 0. The molecule has 0 saturated carbocycles. The highest BCUT2D eigenvalue weighted by atomic mass is 35.5. The molecule has 0 bridgehead atoms. The fourth-order valence-corrected chi connectivity index (χ4v) is 4.39. The predicted octanol–water partition coefficient (Wildman–Crippen LogP) is 8.25. The number of halogens is 2. The minimum atomic E-state index is -0.205. The summed E-state index contributed by atoms with van der Waals surface area (Å²) in [4.78, 5) is 15.1. The van der Waals surface area contributed by atoms with Gasteiger partial charge in [-0.25, -0.2) is 4.79 Å². The van der Waals surface area contributed by atoms with E-state index in [1.54, 1.807) is 17.0 Å². The van der Waals surface area contributed by atoms with Gasteiger partial charge in [0.15, 0.2) is 0 Å². The van der Waals surface area contributed by atoms with Crippen molar-refractivity contribution in [3.63, 3.8) is 0 Å². The topological polar surface area (TPSA) is 50.8 Å². The number of nitrogens with one attached hydrogen (secondary N) is 1. The summed E-state index contributed by atoms with van der Waals surface area (Å²) >= 11 is 12.4. The van der Waals surface area contributed by atoms with Gasteiger partial charge in [0, 0.05) is 28.8 Å². The number of nitrogens with zero attached hydrogens (tertiary/aromatic N) is 1. The molecule has 0 aromatic heterocycles. The summed E-state index contributed by atoms with van der Waals surface area (Å²) in [6, 6.07) is 30.4. The second-order valence-electron chi connectivity index (χ2n) is 8.71. The number of benzene rings is 4. The molecule has 0 aliphatic rings. The minimum Gasteiger partial charge on any atom is -0.494 e. The zero-order valence-corrected chi connectivity index (χ0v) is 22.7. The molecule has 0 unspecified atom stereocenters. The second-order valence-corrected chi connectivity index (χ2v) is 9.56. The molecule has 1 N–H and O–H groups in total. The van der Waals surface area contributed by atoms with Gasteiger partial charge in [-0.1, -0.05) is 71.7 Å². The molecule has 0 fully saturated rings. The van der Waals surface area contributed by atoms with Crippen LogP contribution in [-0.4, -0.2) is 24.1 Å². The maximum atomic E-state index is 13.3. The molecule has 2 amide bonds. The molecular weight excluding hydrogens is 519 g/mol. The predicted molar refractivity (Wildman–Crippen MR) is 154 cm³/mol. The van der Waals surface area contributed by atoms with Gasteiger partial charge in [-0.2, -0.15) is 0 Å². The van der Waals surface area contributed by atoms with E-state index in [2.05, 4.69) is 5.32 Å². The summed E-state index contributed by atoms with van der Waals surface area (Å²) in [5.74, 6) is 1.53. The van der Waals surface area contributed by atoms with Crippen molar-refractivity contribution in [2.45, 2.75) is 26.5 Å². The fourth-order valence-electron chi connectivity index (χ4n) is 3.89. The lowest BCUT2D eigenvalue weighted by atomic mass is 10.1. The Morgan fingerprint density at radius 2 is 1.50 bits per heavy atom. The third-order valence-electron chi connectivity index (χ3n) is 5.92. The van der Waals surface area contributed by atoms with Crippen LogP contribution < -0.4 is 14.8 Å². The van der Waals surface area contributed by atoms with Crippen molar-refractivity contribution in [1.29, 1.82) is 0 Å². The van der Waals surface area contributed by atoms with E-state index < -0.39 is 0 Å². The normalized spacial score (nSPS) is 10.6. The summed E-state index contributed by atoms with van der Waals surface area (Å²) in [5.41, 5.74) is 3.72. The fraction of sp³-hybridized carbons (Fsp3) is 0.194. The molecule has 4 aromatic rings. The first-order valence-electron chi connectivity index (χ1n) is 12.5. The number of ether oxygens (including phenoxy) is 2. The molecule has 4 rings (SSSR count). The van der Waals surface area contributed by atoms with Gasteiger partial charge in [0.2, 0.25) is 0 Å². The van der Waals surface area contributed by atoms with Crippen LogP contribution in [0, 0.1) is 0 Å². The molecule has 7 heteroatoms. The van der Waals surface area contributed by atoms with E-state index in [4.69, 9.17) is 32.7 Å². The Hall–Kier alpha value is -3.67. The molecule has 5 nitrogen and oxygen atoms in total. The van der Waals surface area contributed by atoms with Crippen LogP contribution in [0.2, 0.25) is 10.0 Å². The lowest BCUT2D eigenvalue weighted by Gasteiger charge is -2.24. The van der Waals surface area contributed by atoms with Gasteiger partial charge in [0.05, 0.1) is 6.61 Å². The Balaban J connectivity index is 1.43. The highest BCUT2D eigenvalue weighted by Gasteiger charge is 2.16. The minimum absolute atomic E-state index is 0.205. The Morgan fingerprint density at radius 3 is 2.18 bits per heavy atom. The van der Waals surface area contributed by atoms with E-state index in [1.165, 1.54) is 0 Å². The van der Waals surface area contributed by atoms with Crippen molar-refractivity contribution in [3.05, 3.63) is 124 Å². The first-order valence-corrected chi connectivity index (χ1v) is 13.2. The van der Waals surface area contributed by atoms with E-state index >= 15 is 0 Å². The van der Waals surface area contributed by atoms with Crippen LogP contribution in [0.1, 0.15) is 23.6 Å². The van der Waals surface area contributed by atoms with Gasteiger partial charge in [-0.15, -0.1) is 0 Å². The average molecular weight is 549 g/mol. The Kier molecular flexibility index (Phi) is 9.90. The lowest BCUT2D eigenvalue weighted by Crippen LogP contribution is -2.36. The highest BCUT2D eigenvalue weighted by Crippen LogP contribution is 2.23. The first-order chi connectivity index (χ1) is 18.5. The molecule has 38 heavy (non-hydrogen) atoms. The van der Waals surface area contributed by atoms with E-state index in [1.807, 2.05) is 91.9 Å². The summed E-state index contributed by atoms with van der Waals surface area (Å²) < 4.78 is 11.4. The van der Waals surface area contributed by atoms with Gasteiger partial charge in [0.25, 0.3) is 0 Å². The van der Waals surface area contributed by atoms with Crippen LogP contribution >= 0.6 is 23.2 Å². The molecule has 196 valence electrons. The quantitative estimate of drug-likeness (QED) is 0.205. The third kappa shape index (κ3) is 8.17. The zero-order chi connectivity index (χ0) is 26.7. The molecule has 0 spiro atoms. The van der Waals surface area contributed by atoms with Crippen molar-refractivity contribution in [2.24, 2.45) is 0 Å². The van der Waals surface area contributed by atoms with Crippen molar-refractivity contribution < 1.29 is 14.3 Å². The average Bonchev–Trinajstić information content (AvgIpc) is 2.93. The maximum absolute atomic E-state index is 13.3. The number of rotatable bonds is 11. The number of hydrogen-bond acceptors (Lipinski definition) is 3. The van der Waals surface area contributed by atoms with Gasteiger partial charge in [-0.3, -0.25) is 0 Å². The number of carbonyl (C=O) groups excluding carboxylic acids is 1. The molecule has 0 aliphatic carbocycles. The molecule has 0 radical (unpaired) electrons. The van der Waals surface area contributed by atoms with Crippen LogP contribution in [-0.2, 0) is 19.6 Å². The molecule has 0 atom stereocenters. The summed E-state index contributed by atoms with van der Waals surface area (Å²) in [6.45, 7) is 3.91. The van der Waals surface area contributed by atoms with Gasteiger partial charge in [-0.05, 0) is 78.6 Å².